The van der Waals surface area contributed by atoms with E-state index in [1.807, 2.05) is 14.0 Å². The minimum Gasteiger partial charge on any atom is -0.396 e. The quantitative estimate of drug-likeness (QED) is 0.519. The summed E-state index contributed by atoms with van der Waals surface area (Å²) in [6.07, 6.45) is 4.26. The van der Waals surface area contributed by atoms with Crippen molar-refractivity contribution in [1.29, 1.82) is 0 Å². The molecule has 1 aliphatic carbocycles. The van der Waals surface area contributed by atoms with E-state index in [1.165, 1.54) is 16.9 Å². The van der Waals surface area contributed by atoms with E-state index < -0.39 is 0 Å². The van der Waals surface area contributed by atoms with Gasteiger partial charge >= 0.3 is 0 Å². The molecular weight excluding hydrogens is 438 g/mol. The second-order valence-electron chi connectivity index (χ2n) is 8.77. The van der Waals surface area contributed by atoms with Crippen molar-refractivity contribution >= 4 is 39.1 Å². The first-order chi connectivity index (χ1) is 16.0. The van der Waals surface area contributed by atoms with Crippen LogP contribution >= 0.6 is 11.3 Å². The third kappa shape index (κ3) is 4.14. The Labute approximate surface area is 196 Å². The van der Waals surface area contributed by atoms with Crippen LogP contribution in [0.3, 0.4) is 0 Å². The van der Waals surface area contributed by atoms with Crippen LogP contribution in [0.2, 0.25) is 0 Å². The lowest BCUT2D eigenvalue weighted by Gasteiger charge is -2.26. The number of fused-ring (bicyclic) bond motifs is 2. The van der Waals surface area contributed by atoms with Crippen LogP contribution in [0.25, 0.3) is 10.3 Å². The average Bonchev–Trinajstić information content (AvgIpc) is 3.39. The van der Waals surface area contributed by atoms with Crippen LogP contribution in [0.5, 0.6) is 0 Å². The first-order valence-corrected chi connectivity index (χ1v) is 12.0. The second-order valence-corrected chi connectivity index (χ2v) is 9.77. The van der Waals surface area contributed by atoms with Crippen molar-refractivity contribution in [3.63, 3.8) is 0 Å². The lowest BCUT2D eigenvalue weighted by molar-refractivity contribution is 0.0938. The Balaban J connectivity index is 1.27. The summed E-state index contributed by atoms with van der Waals surface area (Å²) < 4.78 is 5.61. The highest BCUT2D eigenvalue weighted by Gasteiger charge is 2.33. The largest absolute Gasteiger partial charge is 0.396 e. The number of hydrogen-bond donors (Lipinski definition) is 3. The Morgan fingerprint density at radius 1 is 1.30 bits per heavy atom. The zero-order valence-electron chi connectivity index (χ0n) is 19.1. The third-order valence-corrected chi connectivity index (χ3v) is 7.70. The van der Waals surface area contributed by atoms with E-state index in [0.717, 1.165) is 49.6 Å². The number of anilines is 2. The molecular formula is C23H29N7O2S. The van der Waals surface area contributed by atoms with Gasteiger partial charge in [-0.1, -0.05) is 6.07 Å². The number of nitrogens with one attached hydrogen (secondary N) is 2. The maximum atomic E-state index is 13.0. The molecule has 4 heterocycles. The van der Waals surface area contributed by atoms with Crippen LogP contribution in [0.15, 0.2) is 18.3 Å². The minimum atomic E-state index is -0.159. The van der Waals surface area contributed by atoms with Crippen LogP contribution in [0.4, 0.5) is 11.5 Å². The number of ether oxygens (including phenoxy) is 1. The Hall–Kier alpha value is -2.82. The fourth-order valence-electron chi connectivity index (χ4n) is 4.77. The number of nitrogen functional groups attached to an aromatic ring is 1. The lowest BCUT2D eigenvalue weighted by atomic mass is 9.91. The molecule has 2 aliphatic rings. The van der Waals surface area contributed by atoms with Gasteiger partial charge in [-0.3, -0.25) is 4.79 Å². The average molecular weight is 468 g/mol. The number of likely N-dealkylation sites (N-methyl/N-ethyl adjacent to an activating group) is 1. The van der Waals surface area contributed by atoms with Crippen molar-refractivity contribution in [1.82, 2.24) is 25.6 Å². The Bertz CT molecular complexity index is 1190. The van der Waals surface area contributed by atoms with Gasteiger partial charge in [-0.15, -0.1) is 11.3 Å². The van der Waals surface area contributed by atoms with E-state index >= 15 is 0 Å². The summed E-state index contributed by atoms with van der Waals surface area (Å²) in [5.74, 6) is 0.832. The molecule has 1 amide bonds. The maximum Gasteiger partial charge on any atom is 0.263 e. The fraction of sp³-hybridized carbons (Fsp3) is 0.478. The number of rotatable bonds is 5. The number of aryl methyl sites for hydroxylation is 2. The fourth-order valence-corrected chi connectivity index (χ4v) is 5.77. The topological polar surface area (TPSA) is 118 Å². The number of methoxy groups -OCH3 is 1. The van der Waals surface area contributed by atoms with Crippen molar-refractivity contribution in [3.8, 4) is 0 Å². The molecule has 0 unspecified atom stereocenters. The molecule has 0 aromatic carbocycles. The Kier molecular flexibility index (Phi) is 5.90. The molecule has 1 fully saturated rings. The smallest absolute Gasteiger partial charge is 0.263 e. The van der Waals surface area contributed by atoms with Crippen LogP contribution in [-0.2, 0) is 17.6 Å². The van der Waals surface area contributed by atoms with Gasteiger partial charge in [0.25, 0.3) is 5.91 Å². The van der Waals surface area contributed by atoms with Gasteiger partial charge in [-0.25, -0.2) is 15.0 Å². The molecule has 1 aliphatic heterocycles. The van der Waals surface area contributed by atoms with Crippen molar-refractivity contribution in [2.75, 3.05) is 37.9 Å². The number of amides is 1. The van der Waals surface area contributed by atoms with E-state index in [2.05, 4.69) is 37.6 Å². The van der Waals surface area contributed by atoms with Gasteiger partial charge in [-0.2, -0.15) is 0 Å². The van der Waals surface area contributed by atoms with Crippen LogP contribution < -0.4 is 21.3 Å². The van der Waals surface area contributed by atoms with Crippen molar-refractivity contribution in [2.45, 2.75) is 44.4 Å². The Morgan fingerprint density at radius 3 is 2.91 bits per heavy atom. The molecule has 10 heteroatoms. The summed E-state index contributed by atoms with van der Waals surface area (Å²) >= 11 is 1.30. The van der Waals surface area contributed by atoms with Crippen LogP contribution in [-0.4, -0.2) is 66.3 Å². The number of nitrogens with zero attached hydrogens (tertiary/aromatic N) is 4. The molecule has 9 nitrogen and oxygen atoms in total. The van der Waals surface area contributed by atoms with Gasteiger partial charge in [0.1, 0.15) is 21.0 Å². The summed E-state index contributed by atoms with van der Waals surface area (Å²) in [6.45, 7) is 3.57. The summed E-state index contributed by atoms with van der Waals surface area (Å²) in [5, 5.41) is 6.49. The van der Waals surface area contributed by atoms with Gasteiger partial charge in [0.2, 0.25) is 0 Å². The second kappa shape index (κ2) is 8.85. The molecule has 3 aromatic heterocycles. The highest BCUT2D eigenvalue weighted by atomic mass is 32.1. The van der Waals surface area contributed by atoms with Gasteiger partial charge in [0.05, 0.1) is 23.5 Å². The van der Waals surface area contributed by atoms with Crippen LogP contribution in [0, 0.1) is 6.92 Å². The molecule has 4 N–H and O–H groups in total. The van der Waals surface area contributed by atoms with Gasteiger partial charge < -0.3 is 26.0 Å². The molecule has 1 saturated heterocycles. The lowest BCUT2D eigenvalue weighted by Crippen LogP contribution is -2.39. The molecule has 3 atom stereocenters. The first-order valence-electron chi connectivity index (χ1n) is 11.2. The maximum absolute atomic E-state index is 13.0. The first kappa shape index (κ1) is 22.0. The predicted octanol–water partition coefficient (Wildman–Crippen LogP) is 1.69. The summed E-state index contributed by atoms with van der Waals surface area (Å²) in [4.78, 5) is 30.2. The van der Waals surface area contributed by atoms with Crippen molar-refractivity contribution < 1.29 is 9.53 Å². The van der Waals surface area contributed by atoms with E-state index in [4.69, 9.17) is 15.5 Å². The summed E-state index contributed by atoms with van der Waals surface area (Å²) in [6, 6.07) is 4.57. The normalized spacial score (nSPS) is 22.5. The number of thiophene rings is 1. The minimum absolute atomic E-state index is 0.0447. The molecule has 0 spiro atoms. The number of pyridine rings is 1. The third-order valence-electron chi connectivity index (χ3n) is 6.61. The SMILES string of the molecule is CN[C@H]1CN(c2ccc3c(n2)CC[C@H](NC(=O)c2sc4nc(C)cnc4c2N)C3)C[C@@H]1OC. The number of hydrogen-bond acceptors (Lipinski definition) is 9. The van der Waals surface area contributed by atoms with Gasteiger partial charge in [-0.05, 0) is 44.9 Å². The van der Waals surface area contributed by atoms with Gasteiger partial charge in [0, 0.05) is 38.1 Å². The van der Waals surface area contributed by atoms with Gasteiger partial charge in [0.15, 0.2) is 0 Å². The van der Waals surface area contributed by atoms with E-state index in [9.17, 15) is 4.79 Å². The molecule has 33 heavy (non-hydrogen) atoms. The monoisotopic (exact) mass is 467 g/mol. The molecule has 5 rings (SSSR count). The molecule has 0 radical (unpaired) electrons. The zero-order valence-corrected chi connectivity index (χ0v) is 19.9. The van der Waals surface area contributed by atoms with E-state index in [-0.39, 0.29) is 18.1 Å². The molecule has 174 valence electrons. The number of aromatic nitrogens is 3. The number of nitrogens with two attached hydrogens (primary N) is 1. The summed E-state index contributed by atoms with van der Waals surface area (Å²) in [5.41, 5.74) is 10.3. The van der Waals surface area contributed by atoms with Crippen molar-refractivity contribution in [3.05, 3.63) is 40.2 Å². The molecule has 3 aromatic rings. The zero-order chi connectivity index (χ0) is 23.1. The molecule has 0 bridgehead atoms. The van der Waals surface area contributed by atoms with E-state index in [1.54, 1.807) is 13.3 Å². The molecule has 0 saturated carbocycles. The van der Waals surface area contributed by atoms with Crippen LogP contribution in [0.1, 0.15) is 33.0 Å². The Morgan fingerprint density at radius 2 is 2.15 bits per heavy atom. The highest BCUT2D eigenvalue weighted by Crippen LogP contribution is 2.31. The highest BCUT2D eigenvalue weighted by molar-refractivity contribution is 7.21. The number of carbonyl (C=O) groups is 1. The van der Waals surface area contributed by atoms with Crippen molar-refractivity contribution in [2.24, 2.45) is 0 Å². The van der Waals surface area contributed by atoms with E-state index in [0.29, 0.717) is 27.0 Å². The predicted molar refractivity (Wildman–Crippen MR) is 130 cm³/mol. The standard InChI is InChI=1S/C23H29N7O2S/c1-12-9-26-20-19(24)21(33-23(20)27-12)22(31)28-14-5-6-15-13(8-14)4-7-18(29-15)30-10-16(25-2)17(11-30)32-3/h4,7,9,14,16-17,25H,5-6,8,10-11,24H2,1-3H3,(H,28,31)/t14-,16-,17-/m0/s1. The number of carbonyl (C=O) groups excluding carboxylic acids is 1. The summed E-state index contributed by atoms with van der Waals surface area (Å²) in [7, 11) is 3.73.